The second kappa shape index (κ2) is 8.89. The molecular weight excluding hydrogens is 224 g/mol. The maximum atomic E-state index is 5.73. The van der Waals surface area contributed by atoms with Crippen molar-refractivity contribution < 1.29 is 4.74 Å². The first-order valence-corrected chi connectivity index (χ1v) is 7.68. The zero-order valence-electron chi connectivity index (χ0n) is 12.7. The summed E-state index contributed by atoms with van der Waals surface area (Å²) >= 11 is 0. The Labute approximate surface area is 113 Å². The summed E-state index contributed by atoms with van der Waals surface area (Å²) < 4.78 is 5.73. The van der Waals surface area contributed by atoms with Crippen molar-refractivity contribution in [1.82, 2.24) is 10.2 Å². The number of rotatable bonds is 11. The fourth-order valence-corrected chi connectivity index (χ4v) is 2.65. The van der Waals surface area contributed by atoms with Crippen molar-refractivity contribution in [2.45, 2.75) is 58.0 Å². The first kappa shape index (κ1) is 15.9. The minimum Gasteiger partial charge on any atom is -0.380 e. The van der Waals surface area contributed by atoms with Crippen LogP contribution in [-0.4, -0.2) is 50.8 Å². The lowest BCUT2D eigenvalue weighted by Gasteiger charge is -2.34. The Morgan fingerprint density at radius 1 is 1.33 bits per heavy atom. The molecule has 0 radical (unpaired) electrons. The third kappa shape index (κ3) is 5.68. The zero-order valence-corrected chi connectivity index (χ0v) is 12.7. The van der Waals surface area contributed by atoms with Crippen molar-refractivity contribution in [3.63, 3.8) is 0 Å². The van der Waals surface area contributed by atoms with E-state index >= 15 is 0 Å². The molecule has 0 heterocycles. The maximum Gasteiger partial charge on any atom is 0.0593 e. The fraction of sp³-hybridized carbons (Fsp3) is 1.00. The summed E-state index contributed by atoms with van der Waals surface area (Å²) in [7, 11) is 4.31. The smallest absolute Gasteiger partial charge is 0.0593 e. The number of nitrogens with one attached hydrogen (secondary N) is 1. The van der Waals surface area contributed by atoms with E-state index in [1.807, 2.05) is 0 Å². The molecule has 1 aliphatic carbocycles. The van der Waals surface area contributed by atoms with E-state index in [1.165, 1.54) is 32.1 Å². The molecule has 0 aromatic carbocycles. The van der Waals surface area contributed by atoms with Gasteiger partial charge >= 0.3 is 0 Å². The molecule has 3 heteroatoms. The van der Waals surface area contributed by atoms with Crippen LogP contribution in [-0.2, 0) is 4.74 Å². The van der Waals surface area contributed by atoms with Crippen molar-refractivity contribution in [1.29, 1.82) is 0 Å². The van der Waals surface area contributed by atoms with E-state index in [0.717, 1.165) is 25.7 Å². The van der Waals surface area contributed by atoms with Gasteiger partial charge in [-0.1, -0.05) is 20.3 Å². The van der Waals surface area contributed by atoms with Crippen LogP contribution >= 0.6 is 0 Å². The second-order valence-corrected chi connectivity index (χ2v) is 5.66. The summed E-state index contributed by atoms with van der Waals surface area (Å²) in [5.74, 6) is 0.877. The molecule has 1 fully saturated rings. The molecule has 0 spiro atoms. The molecule has 0 aromatic rings. The van der Waals surface area contributed by atoms with Crippen molar-refractivity contribution in [3.05, 3.63) is 0 Å². The average molecular weight is 256 g/mol. The van der Waals surface area contributed by atoms with Gasteiger partial charge in [-0.3, -0.25) is 4.90 Å². The summed E-state index contributed by atoms with van der Waals surface area (Å²) in [6.45, 7) is 7.45. The van der Waals surface area contributed by atoms with Gasteiger partial charge in [-0.05, 0) is 45.7 Å². The fourth-order valence-electron chi connectivity index (χ4n) is 2.65. The highest BCUT2D eigenvalue weighted by molar-refractivity contribution is 4.81. The van der Waals surface area contributed by atoms with E-state index in [9.17, 15) is 0 Å². The van der Waals surface area contributed by atoms with Crippen LogP contribution in [0, 0.1) is 5.92 Å². The van der Waals surface area contributed by atoms with Crippen LogP contribution in [0.5, 0.6) is 0 Å². The van der Waals surface area contributed by atoms with E-state index in [0.29, 0.717) is 12.1 Å². The van der Waals surface area contributed by atoms with Crippen molar-refractivity contribution in [2.24, 2.45) is 5.92 Å². The molecule has 0 amide bonds. The highest BCUT2D eigenvalue weighted by atomic mass is 16.5. The van der Waals surface area contributed by atoms with Gasteiger partial charge in [-0.15, -0.1) is 0 Å². The SMILES string of the molecule is CCCC(NC)C(CC)N(C)CCOCC1CC1. The van der Waals surface area contributed by atoms with Crippen LogP contribution in [0.15, 0.2) is 0 Å². The van der Waals surface area contributed by atoms with Crippen molar-refractivity contribution in [2.75, 3.05) is 33.9 Å². The molecule has 0 aliphatic heterocycles. The standard InChI is InChI=1S/C15H32N2O/c1-5-7-14(16-3)15(6-2)17(4)10-11-18-12-13-8-9-13/h13-16H,5-12H2,1-4H3. The molecule has 1 aliphatic rings. The van der Waals surface area contributed by atoms with Gasteiger partial charge in [0.2, 0.25) is 0 Å². The zero-order chi connectivity index (χ0) is 13.4. The Hall–Kier alpha value is -0.120. The first-order chi connectivity index (χ1) is 8.72. The Bertz CT molecular complexity index is 207. The van der Waals surface area contributed by atoms with Gasteiger partial charge < -0.3 is 10.1 Å². The Morgan fingerprint density at radius 2 is 2.06 bits per heavy atom. The van der Waals surface area contributed by atoms with Crippen molar-refractivity contribution in [3.8, 4) is 0 Å². The molecule has 108 valence electrons. The van der Waals surface area contributed by atoms with Crippen LogP contribution in [0.1, 0.15) is 46.0 Å². The number of hydrogen-bond acceptors (Lipinski definition) is 3. The molecule has 0 aromatic heterocycles. The monoisotopic (exact) mass is 256 g/mol. The summed E-state index contributed by atoms with van der Waals surface area (Å²) in [5, 5.41) is 3.47. The first-order valence-electron chi connectivity index (χ1n) is 7.68. The molecule has 0 bridgehead atoms. The lowest BCUT2D eigenvalue weighted by molar-refractivity contribution is 0.0822. The van der Waals surface area contributed by atoms with Crippen LogP contribution in [0.3, 0.4) is 0 Å². The van der Waals surface area contributed by atoms with Crippen LogP contribution in [0.2, 0.25) is 0 Å². The van der Waals surface area contributed by atoms with Gasteiger partial charge in [0.1, 0.15) is 0 Å². The summed E-state index contributed by atoms with van der Waals surface area (Å²) in [6.07, 6.45) is 6.46. The summed E-state index contributed by atoms with van der Waals surface area (Å²) in [5.41, 5.74) is 0. The molecule has 2 atom stereocenters. The van der Waals surface area contributed by atoms with Crippen molar-refractivity contribution >= 4 is 0 Å². The molecule has 1 rings (SSSR count). The number of ether oxygens (including phenoxy) is 1. The molecule has 1 N–H and O–H groups in total. The Balaban J connectivity index is 2.22. The quantitative estimate of drug-likeness (QED) is 0.575. The van der Waals surface area contributed by atoms with E-state index in [1.54, 1.807) is 0 Å². The largest absolute Gasteiger partial charge is 0.380 e. The average Bonchev–Trinajstić information content (AvgIpc) is 3.18. The van der Waals surface area contributed by atoms with E-state index in [4.69, 9.17) is 4.74 Å². The molecule has 3 nitrogen and oxygen atoms in total. The lowest BCUT2D eigenvalue weighted by atomic mass is 10.00. The van der Waals surface area contributed by atoms with Gasteiger partial charge in [-0.2, -0.15) is 0 Å². The van der Waals surface area contributed by atoms with E-state index in [2.05, 4.69) is 38.2 Å². The topological polar surface area (TPSA) is 24.5 Å². The third-order valence-corrected chi connectivity index (χ3v) is 4.06. The van der Waals surface area contributed by atoms with Gasteiger partial charge in [-0.25, -0.2) is 0 Å². The van der Waals surface area contributed by atoms with E-state index < -0.39 is 0 Å². The van der Waals surface area contributed by atoms with Gasteiger partial charge in [0.25, 0.3) is 0 Å². The van der Waals surface area contributed by atoms with E-state index in [-0.39, 0.29) is 0 Å². The normalized spacial score (nSPS) is 19.2. The highest BCUT2D eigenvalue weighted by Crippen LogP contribution is 2.28. The molecule has 1 saturated carbocycles. The van der Waals surface area contributed by atoms with Gasteiger partial charge in [0.05, 0.1) is 6.61 Å². The highest BCUT2D eigenvalue weighted by Gasteiger charge is 2.23. The molecule has 18 heavy (non-hydrogen) atoms. The van der Waals surface area contributed by atoms with Gasteiger partial charge in [0, 0.05) is 25.2 Å². The predicted octanol–water partition coefficient (Wildman–Crippen LogP) is 2.51. The van der Waals surface area contributed by atoms with Crippen LogP contribution in [0.25, 0.3) is 0 Å². The minimum atomic E-state index is 0.605. The minimum absolute atomic E-state index is 0.605. The molecular formula is C15H32N2O. The Kier molecular flexibility index (Phi) is 7.87. The van der Waals surface area contributed by atoms with Crippen LogP contribution < -0.4 is 5.32 Å². The second-order valence-electron chi connectivity index (χ2n) is 5.66. The lowest BCUT2D eigenvalue weighted by Crippen LogP contribution is -2.48. The molecule has 2 unspecified atom stereocenters. The van der Waals surface area contributed by atoms with Crippen LogP contribution in [0.4, 0.5) is 0 Å². The number of likely N-dealkylation sites (N-methyl/N-ethyl adjacent to an activating group) is 2. The number of hydrogen-bond donors (Lipinski definition) is 1. The predicted molar refractivity (Wildman–Crippen MR) is 78.0 cm³/mol. The third-order valence-electron chi connectivity index (χ3n) is 4.06. The molecule has 0 saturated heterocycles. The summed E-state index contributed by atoms with van der Waals surface area (Å²) in [4.78, 5) is 2.46. The number of nitrogens with zero attached hydrogens (tertiary/aromatic N) is 1. The summed E-state index contributed by atoms with van der Waals surface area (Å²) in [6, 6.07) is 1.23. The Morgan fingerprint density at radius 3 is 2.56 bits per heavy atom. The van der Waals surface area contributed by atoms with Gasteiger partial charge in [0.15, 0.2) is 0 Å². The maximum absolute atomic E-state index is 5.73.